The molecule has 1 saturated heterocycles. The second kappa shape index (κ2) is 10.2. The van der Waals surface area contributed by atoms with Crippen LogP contribution in [0.5, 0.6) is 0 Å². The van der Waals surface area contributed by atoms with E-state index in [2.05, 4.69) is 5.32 Å². The standard InChI is InChI=1S/C19H25N5O6S/c1-13(2)31(29,30)22-16(19(27)28)10-21-17(25)11-24-8-7-23(12-18(24)26)15-5-3-14(9-20)4-6-15/h3-6,13,16,22H,7-8,10-12H2,1-2H3,(H,21,25)(H,27,28)/p-1. The van der Waals surface area contributed by atoms with Crippen molar-refractivity contribution >= 4 is 33.5 Å². The lowest BCUT2D eigenvalue weighted by Gasteiger charge is -2.35. The van der Waals surface area contributed by atoms with Crippen molar-refractivity contribution in [3.05, 3.63) is 29.8 Å². The van der Waals surface area contributed by atoms with Crippen LogP contribution in [0.3, 0.4) is 0 Å². The summed E-state index contributed by atoms with van der Waals surface area (Å²) < 4.78 is 25.7. The van der Waals surface area contributed by atoms with Gasteiger partial charge < -0.3 is 25.0 Å². The van der Waals surface area contributed by atoms with Crippen LogP contribution in [0.15, 0.2) is 24.3 Å². The molecule has 1 aromatic carbocycles. The van der Waals surface area contributed by atoms with Crippen molar-refractivity contribution in [3.63, 3.8) is 0 Å². The zero-order valence-electron chi connectivity index (χ0n) is 17.2. The molecular formula is C19H24N5O6S-. The number of carbonyl (C=O) groups excluding carboxylic acids is 3. The van der Waals surface area contributed by atoms with E-state index in [1.54, 1.807) is 24.3 Å². The predicted molar refractivity (Wildman–Crippen MR) is 109 cm³/mol. The number of amides is 2. The van der Waals surface area contributed by atoms with Crippen LogP contribution in [0.1, 0.15) is 19.4 Å². The highest BCUT2D eigenvalue weighted by atomic mass is 32.2. The summed E-state index contributed by atoms with van der Waals surface area (Å²) in [6.07, 6.45) is 0. The minimum atomic E-state index is -3.87. The highest BCUT2D eigenvalue weighted by Gasteiger charge is 2.27. The van der Waals surface area contributed by atoms with E-state index in [-0.39, 0.29) is 25.5 Å². The molecule has 1 aliphatic rings. The van der Waals surface area contributed by atoms with Gasteiger partial charge in [-0.1, -0.05) is 0 Å². The van der Waals surface area contributed by atoms with Gasteiger partial charge in [0.1, 0.15) is 0 Å². The molecule has 1 atom stereocenters. The quantitative estimate of drug-likeness (QED) is 0.427. The molecule has 0 bridgehead atoms. The molecule has 0 spiro atoms. The molecule has 168 valence electrons. The summed E-state index contributed by atoms with van der Waals surface area (Å²) in [5.41, 5.74) is 1.29. The summed E-state index contributed by atoms with van der Waals surface area (Å²) in [6, 6.07) is 7.19. The fourth-order valence-corrected chi connectivity index (χ4v) is 3.64. The number of carboxylic acid groups (broad SMARTS) is 1. The van der Waals surface area contributed by atoms with Gasteiger partial charge in [-0.05, 0) is 38.1 Å². The molecule has 2 rings (SSSR count). The molecule has 0 aliphatic carbocycles. The van der Waals surface area contributed by atoms with E-state index in [1.165, 1.54) is 18.7 Å². The Morgan fingerprint density at radius 2 is 1.87 bits per heavy atom. The Morgan fingerprint density at radius 3 is 2.39 bits per heavy atom. The Morgan fingerprint density at radius 1 is 1.23 bits per heavy atom. The lowest BCUT2D eigenvalue weighted by Crippen LogP contribution is -2.56. The van der Waals surface area contributed by atoms with Crippen LogP contribution in [-0.2, 0) is 24.4 Å². The first-order chi connectivity index (χ1) is 14.5. The summed E-state index contributed by atoms with van der Waals surface area (Å²) in [5.74, 6) is -2.57. The van der Waals surface area contributed by atoms with Gasteiger partial charge >= 0.3 is 0 Å². The maximum Gasteiger partial charge on any atom is 0.242 e. The van der Waals surface area contributed by atoms with Gasteiger partial charge in [-0.25, -0.2) is 13.1 Å². The average Bonchev–Trinajstić information content (AvgIpc) is 2.72. The maximum absolute atomic E-state index is 12.4. The minimum absolute atomic E-state index is 0.0506. The molecule has 1 aliphatic heterocycles. The summed E-state index contributed by atoms with van der Waals surface area (Å²) in [5, 5.41) is 21.5. The van der Waals surface area contributed by atoms with E-state index in [0.717, 1.165) is 5.69 Å². The van der Waals surface area contributed by atoms with Crippen molar-refractivity contribution < 1.29 is 27.9 Å². The normalized spacial score (nSPS) is 15.5. The van der Waals surface area contributed by atoms with Crippen molar-refractivity contribution in [2.45, 2.75) is 25.1 Å². The number of sulfonamides is 1. The number of nitrogens with one attached hydrogen (secondary N) is 2. The Hall–Kier alpha value is -3.17. The van der Waals surface area contributed by atoms with E-state index in [1.807, 2.05) is 15.7 Å². The van der Waals surface area contributed by atoms with Crippen molar-refractivity contribution in [2.75, 3.05) is 37.6 Å². The maximum atomic E-state index is 12.4. The number of anilines is 1. The second-order valence-electron chi connectivity index (χ2n) is 7.28. The number of nitriles is 1. The van der Waals surface area contributed by atoms with Gasteiger partial charge in [0.15, 0.2) is 0 Å². The zero-order chi connectivity index (χ0) is 23.2. The molecule has 31 heavy (non-hydrogen) atoms. The van der Waals surface area contributed by atoms with E-state index >= 15 is 0 Å². The summed E-state index contributed by atoms with van der Waals surface area (Å²) in [4.78, 5) is 38.9. The number of benzene rings is 1. The van der Waals surface area contributed by atoms with Crippen LogP contribution in [0.2, 0.25) is 0 Å². The Bertz CT molecular complexity index is 970. The molecule has 0 aromatic heterocycles. The highest BCUT2D eigenvalue weighted by Crippen LogP contribution is 2.17. The monoisotopic (exact) mass is 450 g/mol. The summed E-state index contributed by atoms with van der Waals surface area (Å²) in [7, 11) is -3.87. The van der Waals surface area contributed by atoms with Crippen LogP contribution in [0.4, 0.5) is 5.69 Å². The SMILES string of the molecule is CC(C)S(=O)(=O)NC(CNC(=O)CN1CCN(c2ccc(C#N)cc2)CC1=O)C(=O)[O-]. The van der Waals surface area contributed by atoms with Gasteiger partial charge in [-0.3, -0.25) is 9.59 Å². The lowest BCUT2D eigenvalue weighted by atomic mass is 10.2. The summed E-state index contributed by atoms with van der Waals surface area (Å²) >= 11 is 0. The van der Waals surface area contributed by atoms with Gasteiger partial charge in [0, 0.05) is 25.3 Å². The van der Waals surface area contributed by atoms with Crippen LogP contribution in [0.25, 0.3) is 0 Å². The third kappa shape index (κ3) is 6.66. The largest absolute Gasteiger partial charge is 0.548 e. The van der Waals surface area contributed by atoms with Crippen LogP contribution in [0, 0.1) is 11.3 Å². The zero-order valence-corrected chi connectivity index (χ0v) is 18.0. The first-order valence-electron chi connectivity index (χ1n) is 9.55. The molecule has 0 saturated carbocycles. The number of aliphatic carboxylic acids is 1. The number of carbonyl (C=O) groups is 3. The molecule has 1 heterocycles. The number of hydrogen-bond acceptors (Lipinski definition) is 8. The topological polar surface area (TPSA) is 163 Å². The molecule has 1 fully saturated rings. The highest BCUT2D eigenvalue weighted by molar-refractivity contribution is 7.90. The first-order valence-corrected chi connectivity index (χ1v) is 11.1. The molecule has 2 N–H and O–H groups in total. The van der Waals surface area contributed by atoms with E-state index < -0.39 is 39.7 Å². The minimum Gasteiger partial charge on any atom is -0.548 e. The van der Waals surface area contributed by atoms with Crippen molar-refractivity contribution in [1.29, 1.82) is 5.26 Å². The third-order valence-corrected chi connectivity index (χ3v) is 6.58. The lowest BCUT2D eigenvalue weighted by molar-refractivity contribution is -0.307. The molecule has 11 nitrogen and oxygen atoms in total. The van der Waals surface area contributed by atoms with Crippen LogP contribution in [-0.4, -0.2) is 75.1 Å². The Labute approximate surface area is 180 Å². The van der Waals surface area contributed by atoms with E-state index in [4.69, 9.17) is 5.26 Å². The number of rotatable bonds is 9. The fourth-order valence-electron chi connectivity index (χ4n) is 2.80. The number of hydrogen-bond donors (Lipinski definition) is 2. The Kier molecular flexibility index (Phi) is 7.95. The van der Waals surface area contributed by atoms with Crippen LogP contribution >= 0.6 is 0 Å². The van der Waals surface area contributed by atoms with Crippen LogP contribution < -0.4 is 20.0 Å². The summed E-state index contributed by atoms with van der Waals surface area (Å²) in [6.45, 7) is 2.78. The number of piperazine rings is 1. The van der Waals surface area contributed by atoms with E-state index in [0.29, 0.717) is 12.1 Å². The first kappa shape index (κ1) is 24.1. The van der Waals surface area contributed by atoms with Crippen molar-refractivity contribution in [2.24, 2.45) is 0 Å². The van der Waals surface area contributed by atoms with Gasteiger partial charge in [0.2, 0.25) is 21.8 Å². The molecule has 0 radical (unpaired) electrons. The third-order valence-electron chi connectivity index (χ3n) is 4.73. The molecule has 2 amide bonds. The Balaban J connectivity index is 1.87. The van der Waals surface area contributed by atoms with Gasteiger partial charge in [0.25, 0.3) is 0 Å². The molecular weight excluding hydrogens is 426 g/mol. The van der Waals surface area contributed by atoms with E-state index in [9.17, 15) is 27.9 Å². The average molecular weight is 450 g/mol. The van der Waals surface area contributed by atoms with Crippen molar-refractivity contribution in [1.82, 2.24) is 14.9 Å². The van der Waals surface area contributed by atoms with Gasteiger partial charge in [-0.15, -0.1) is 0 Å². The number of carboxylic acids is 1. The smallest absolute Gasteiger partial charge is 0.242 e. The van der Waals surface area contributed by atoms with Crippen molar-refractivity contribution in [3.8, 4) is 6.07 Å². The second-order valence-corrected chi connectivity index (χ2v) is 9.55. The number of nitrogens with zero attached hydrogens (tertiary/aromatic N) is 3. The van der Waals surface area contributed by atoms with Gasteiger partial charge in [-0.2, -0.15) is 5.26 Å². The molecule has 12 heteroatoms. The fraction of sp³-hybridized carbons (Fsp3) is 0.474. The van der Waals surface area contributed by atoms with Gasteiger partial charge in [0.05, 0.1) is 42.0 Å². The molecule has 1 unspecified atom stereocenters. The molecule has 1 aromatic rings. The predicted octanol–water partition coefficient (Wildman–Crippen LogP) is -2.23.